The van der Waals surface area contributed by atoms with Gasteiger partial charge in [0.15, 0.2) is 5.82 Å². The zero-order valence-corrected chi connectivity index (χ0v) is 15.5. The summed E-state index contributed by atoms with van der Waals surface area (Å²) < 4.78 is 11.4. The highest BCUT2D eigenvalue weighted by Gasteiger charge is 2.25. The van der Waals surface area contributed by atoms with Gasteiger partial charge in [-0.1, -0.05) is 19.0 Å². The van der Waals surface area contributed by atoms with Crippen molar-refractivity contribution < 1.29 is 9.26 Å². The fraction of sp³-hybridized carbons (Fsp3) is 0.611. The van der Waals surface area contributed by atoms with Gasteiger partial charge in [0.1, 0.15) is 11.9 Å². The summed E-state index contributed by atoms with van der Waals surface area (Å²) in [5.74, 6) is 2.60. The lowest BCUT2D eigenvalue weighted by Crippen LogP contribution is -2.25. The van der Waals surface area contributed by atoms with E-state index in [1.54, 1.807) is 0 Å². The maximum absolute atomic E-state index is 6.14. The van der Waals surface area contributed by atoms with Crippen LogP contribution in [0.4, 0.5) is 0 Å². The maximum Gasteiger partial charge on any atom is 0.229 e. The molecule has 1 unspecified atom stereocenters. The highest BCUT2D eigenvalue weighted by molar-refractivity contribution is 5.23. The van der Waals surface area contributed by atoms with Gasteiger partial charge >= 0.3 is 0 Å². The van der Waals surface area contributed by atoms with Gasteiger partial charge in [0.05, 0.1) is 12.2 Å². The first kappa shape index (κ1) is 17.8. The largest absolute Gasteiger partial charge is 0.489 e. The molecule has 7 nitrogen and oxygen atoms in total. The van der Waals surface area contributed by atoms with Gasteiger partial charge in [0, 0.05) is 37.8 Å². The summed E-state index contributed by atoms with van der Waals surface area (Å²) in [7, 11) is 4.07. The van der Waals surface area contributed by atoms with E-state index in [0.29, 0.717) is 12.4 Å². The molecule has 136 valence electrons. The quantitative estimate of drug-likeness (QED) is 0.763. The van der Waals surface area contributed by atoms with E-state index in [1.165, 1.54) is 0 Å². The molecule has 0 radical (unpaired) electrons. The Morgan fingerprint density at radius 3 is 2.96 bits per heavy atom. The van der Waals surface area contributed by atoms with E-state index in [-0.39, 0.29) is 12.0 Å². The number of pyridine rings is 1. The molecule has 1 saturated heterocycles. The Balaban J connectivity index is 1.52. The second-order valence-electron chi connectivity index (χ2n) is 7.19. The normalized spacial score (nSPS) is 18.4. The molecule has 0 spiro atoms. The Morgan fingerprint density at radius 1 is 1.40 bits per heavy atom. The minimum absolute atomic E-state index is 0.186. The smallest absolute Gasteiger partial charge is 0.229 e. The Morgan fingerprint density at radius 2 is 2.24 bits per heavy atom. The topological polar surface area (TPSA) is 67.5 Å². The summed E-state index contributed by atoms with van der Waals surface area (Å²) >= 11 is 0. The molecule has 1 aliphatic rings. The van der Waals surface area contributed by atoms with Crippen molar-refractivity contribution in [3.05, 3.63) is 35.7 Å². The predicted molar refractivity (Wildman–Crippen MR) is 94.3 cm³/mol. The Bertz CT molecular complexity index is 686. The fourth-order valence-electron chi connectivity index (χ4n) is 2.94. The Hall–Kier alpha value is -1.99. The van der Waals surface area contributed by atoms with Crippen LogP contribution >= 0.6 is 0 Å². The molecule has 0 amide bonds. The van der Waals surface area contributed by atoms with Crippen molar-refractivity contribution in [1.82, 2.24) is 24.9 Å². The van der Waals surface area contributed by atoms with Crippen molar-refractivity contribution in [3.63, 3.8) is 0 Å². The van der Waals surface area contributed by atoms with Crippen LogP contribution in [0.15, 0.2) is 22.9 Å². The summed E-state index contributed by atoms with van der Waals surface area (Å²) in [6.45, 7) is 7.47. The molecule has 0 aliphatic carbocycles. The van der Waals surface area contributed by atoms with Crippen LogP contribution in [0.5, 0.6) is 5.75 Å². The van der Waals surface area contributed by atoms with E-state index in [0.717, 1.165) is 43.3 Å². The molecule has 3 heterocycles. The van der Waals surface area contributed by atoms with Gasteiger partial charge < -0.3 is 14.2 Å². The number of rotatable bonds is 7. The van der Waals surface area contributed by atoms with Gasteiger partial charge in [-0.3, -0.25) is 9.88 Å². The third kappa shape index (κ3) is 4.99. The molecular formula is C18H27N5O2. The van der Waals surface area contributed by atoms with Crippen molar-refractivity contribution in [2.75, 3.05) is 27.2 Å². The molecule has 0 saturated carbocycles. The SMILES string of the molecule is CC(C)c1nc(CN2CCC(Oc3ccnc(CN(C)C)c3)C2)no1. The van der Waals surface area contributed by atoms with Crippen LogP contribution in [0.25, 0.3) is 0 Å². The minimum atomic E-state index is 0.186. The van der Waals surface area contributed by atoms with Gasteiger partial charge in [-0.2, -0.15) is 4.98 Å². The van der Waals surface area contributed by atoms with Crippen LogP contribution in [0.3, 0.4) is 0 Å². The van der Waals surface area contributed by atoms with Crippen LogP contribution in [-0.2, 0) is 13.1 Å². The van der Waals surface area contributed by atoms with E-state index < -0.39 is 0 Å². The zero-order valence-electron chi connectivity index (χ0n) is 15.5. The van der Waals surface area contributed by atoms with E-state index in [1.807, 2.05) is 32.4 Å². The molecule has 1 aliphatic heterocycles. The lowest BCUT2D eigenvalue weighted by atomic mass is 10.2. The van der Waals surface area contributed by atoms with E-state index in [2.05, 4.69) is 38.8 Å². The summed E-state index contributed by atoms with van der Waals surface area (Å²) in [6, 6.07) is 3.95. The molecule has 25 heavy (non-hydrogen) atoms. The molecule has 2 aromatic heterocycles. The van der Waals surface area contributed by atoms with Gasteiger partial charge in [-0.15, -0.1) is 0 Å². The zero-order chi connectivity index (χ0) is 17.8. The van der Waals surface area contributed by atoms with E-state index in [9.17, 15) is 0 Å². The predicted octanol–water partition coefficient (Wildman–Crippen LogP) is 2.30. The molecule has 2 aromatic rings. The van der Waals surface area contributed by atoms with Gasteiger partial charge in [-0.05, 0) is 26.6 Å². The lowest BCUT2D eigenvalue weighted by Gasteiger charge is -2.16. The molecule has 1 fully saturated rings. The van der Waals surface area contributed by atoms with Crippen molar-refractivity contribution in [1.29, 1.82) is 0 Å². The van der Waals surface area contributed by atoms with Crippen LogP contribution in [0.1, 0.15) is 43.6 Å². The highest BCUT2D eigenvalue weighted by Crippen LogP contribution is 2.20. The summed E-state index contributed by atoms with van der Waals surface area (Å²) in [6.07, 6.45) is 3.00. The van der Waals surface area contributed by atoms with Crippen LogP contribution in [0.2, 0.25) is 0 Å². The first-order chi connectivity index (χ1) is 12.0. The van der Waals surface area contributed by atoms with Crippen LogP contribution in [-0.4, -0.2) is 58.2 Å². The third-order valence-electron chi connectivity index (χ3n) is 4.14. The third-order valence-corrected chi connectivity index (χ3v) is 4.14. The second kappa shape index (κ2) is 7.93. The Labute approximate surface area is 149 Å². The van der Waals surface area contributed by atoms with Crippen molar-refractivity contribution in [2.45, 2.75) is 45.4 Å². The molecule has 1 atom stereocenters. The van der Waals surface area contributed by atoms with E-state index >= 15 is 0 Å². The van der Waals surface area contributed by atoms with Crippen molar-refractivity contribution in [3.8, 4) is 5.75 Å². The molecule has 0 aromatic carbocycles. The summed E-state index contributed by atoms with van der Waals surface area (Å²) in [4.78, 5) is 13.2. The van der Waals surface area contributed by atoms with Gasteiger partial charge in [0.25, 0.3) is 0 Å². The van der Waals surface area contributed by atoms with Gasteiger partial charge in [0.2, 0.25) is 5.89 Å². The average Bonchev–Trinajstić information content (AvgIpc) is 3.17. The molecule has 7 heteroatoms. The molecule has 3 rings (SSSR count). The average molecular weight is 345 g/mol. The minimum Gasteiger partial charge on any atom is -0.489 e. The van der Waals surface area contributed by atoms with Crippen molar-refractivity contribution >= 4 is 0 Å². The number of aromatic nitrogens is 3. The summed E-state index contributed by atoms with van der Waals surface area (Å²) in [5, 5.41) is 4.07. The summed E-state index contributed by atoms with van der Waals surface area (Å²) in [5.41, 5.74) is 1.02. The second-order valence-corrected chi connectivity index (χ2v) is 7.19. The molecule has 0 N–H and O–H groups in total. The first-order valence-electron chi connectivity index (χ1n) is 8.80. The molecule has 0 bridgehead atoms. The number of ether oxygens (including phenoxy) is 1. The number of nitrogens with zero attached hydrogens (tertiary/aromatic N) is 5. The van der Waals surface area contributed by atoms with Gasteiger partial charge in [-0.25, -0.2) is 0 Å². The van der Waals surface area contributed by atoms with Crippen LogP contribution < -0.4 is 4.74 Å². The Kier molecular flexibility index (Phi) is 5.65. The van der Waals surface area contributed by atoms with Crippen molar-refractivity contribution in [2.24, 2.45) is 0 Å². The first-order valence-corrected chi connectivity index (χ1v) is 8.80. The fourth-order valence-corrected chi connectivity index (χ4v) is 2.94. The standard InChI is InChI=1S/C18H27N5O2/c1-13(2)18-20-17(21-25-18)12-23-8-6-16(11-23)24-15-5-7-19-14(9-15)10-22(3)4/h5,7,9,13,16H,6,8,10-12H2,1-4H3. The molecular weight excluding hydrogens is 318 g/mol. The number of likely N-dealkylation sites (tertiary alicyclic amines) is 1. The maximum atomic E-state index is 6.14. The highest BCUT2D eigenvalue weighted by atomic mass is 16.5. The number of hydrogen-bond donors (Lipinski definition) is 0. The van der Waals surface area contributed by atoms with Crippen LogP contribution in [0, 0.1) is 0 Å². The number of hydrogen-bond acceptors (Lipinski definition) is 7. The lowest BCUT2D eigenvalue weighted by molar-refractivity contribution is 0.196. The van der Waals surface area contributed by atoms with E-state index in [4.69, 9.17) is 9.26 Å². The monoisotopic (exact) mass is 345 g/mol.